The van der Waals surface area contributed by atoms with Gasteiger partial charge in [0.1, 0.15) is 0 Å². The summed E-state index contributed by atoms with van der Waals surface area (Å²) in [5, 5.41) is 7.07. The average Bonchev–Trinajstić information content (AvgIpc) is 3.35. The van der Waals surface area contributed by atoms with Gasteiger partial charge in [-0.2, -0.15) is 4.98 Å². The number of amides is 2. The Bertz CT molecular complexity index is 1270. The molecule has 1 N–H and O–H groups in total. The van der Waals surface area contributed by atoms with Gasteiger partial charge in [0.25, 0.3) is 11.8 Å². The third-order valence-electron chi connectivity index (χ3n) is 5.60. The first-order chi connectivity index (χ1) is 16.2. The fraction of sp³-hybridized carbons (Fsp3) is 0.154. The number of hydrogen-bond donors (Lipinski definition) is 1. The quantitative estimate of drug-likeness (QED) is 0.515. The van der Waals surface area contributed by atoms with E-state index in [2.05, 4.69) is 15.5 Å². The van der Waals surface area contributed by atoms with E-state index in [9.17, 15) is 9.59 Å². The largest absolute Gasteiger partial charge is 0.350 e. The van der Waals surface area contributed by atoms with Crippen LogP contribution < -0.4 is 5.32 Å². The second kappa shape index (κ2) is 9.08. The summed E-state index contributed by atoms with van der Waals surface area (Å²) in [5.41, 5.74) is 2.90. The molecule has 4 aromatic rings. The number of aromatic nitrogens is 2. The highest BCUT2D eigenvalue weighted by Crippen LogP contribution is 2.26. The molecule has 1 aliphatic rings. The maximum atomic E-state index is 13.5. The van der Waals surface area contributed by atoms with E-state index in [0.29, 0.717) is 29.9 Å². The predicted octanol–water partition coefficient (Wildman–Crippen LogP) is 3.59. The molecule has 2 heterocycles. The molecule has 3 aromatic carbocycles. The fourth-order valence-electron chi connectivity index (χ4n) is 4.06. The van der Waals surface area contributed by atoms with Gasteiger partial charge in [-0.25, -0.2) is 0 Å². The smallest absolute Gasteiger partial charge is 0.259 e. The van der Waals surface area contributed by atoms with E-state index in [0.717, 1.165) is 11.1 Å². The van der Waals surface area contributed by atoms with Crippen LogP contribution in [0.2, 0.25) is 0 Å². The number of benzene rings is 3. The van der Waals surface area contributed by atoms with Crippen LogP contribution in [-0.4, -0.2) is 46.0 Å². The summed E-state index contributed by atoms with van der Waals surface area (Å²) in [4.78, 5) is 31.9. The van der Waals surface area contributed by atoms with Crippen molar-refractivity contribution in [2.75, 3.05) is 13.1 Å². The molecule has 1 aliphatic heterocycles. The van der Waals surface area contributed by atoms with Crippen molar-refractivity contribution in [3.63, 3.8) is 0 Å². The van der Waals surface area contributed by atoms with Crippen LogP contribution in [0.4, 0.5) is 0 Å². The van der Waals surface area contributed by atoms with Crippen LogP contribution in [0.25, 0.3) is 22.8 Å². The monoisotopic (exact) mass is 438 g/mol. The number of piperazine rings is 1. The number of nitrogens with one attached hydrogen (secondary N) is 1. The lowest BCUT2D eigenvalue weighted by atomic mass is 10.0. The van der Waals surface area contributed by atoms with Gasteiger partial charge < -0.3 is 14.7 Å². The Balaban J connectivity index is 1.39. The molecule has 164 valence electrons. The Morgan fingerprint density at radius 2 is 1.67 bits per heavy atom. The lowest BCUT2D eigenvalue weighted by Gasteiger charge is -2.33. The first-order valence-electron chi connectivity index (χ1n) is 10.8. The van der Waals surface area contributed by atoms with Gasteiger partial charge in [0.05, 0.1) is 23.7 Å². The standard InChI is InChI=1S/C26H22N4O3/c31-23-17-30(16-20(27-23)15-18-9-3-1-4-10-18)26(32)22-14-8-7-13-21(22)25-28-24(29-33-25)19-11-5-2-6-12-19/h1-14,20H,15-17H2,(H,27,31)/t20-/m0/s1. The van der Waals surface area contributed by atoms with Crippen LogP contribution in [0.1, 0.15) is 15.9 Å². The molecular weight excluding hydrogens is 416 g/mol. The molecule has 33 heavy (non-hydrogen) atoms. The summed E-state index contributed by atoms with van der Waals surface area (Å²) < 4.78 is 5.49. The minimum atomic E-state index is -0.238. The van der Waals surface area contributed by atoms with E-state index in [-0.39, 0.29) is 30.3 Å². The molecular formula is C26H22N4O3. The zero-order chi connectivity index (χ0) is 22.6. The van der Waals surface area contributed by atoms with Crippen LogP contribution in [0, 0.1) is 0 Å². The van der Waals surface area contributed by atoms with Crippen molar-refractivity contribution in [2.45, 2.75) is 12.5 Å². The Kier molecular flexibility index (Phi) is 5.68. The number of rotatable bonds is 5. The molecule has 7 heteroatoms. The Hall–Kier alpha value is -4.26. The van der Waals surface area contributed by atoms with Gasteiger partial charge in [0.2, 0.25) is 11.7 Å². The summed E-state index contributed by atoms with van der Waals surface area (Å²) >= 11 is 0. The molecule has 0 bridgehead atoms. The third kappa shape index (κ3) is 4.52. The predicted molar refractivity (Wildman–Crippen MR) is 123 cm³/mol. The normalized spacial score (nSPS) is 15.8. The summed E-state index contributed by atoms with van der Waals surface area (Å²) in [6.07, 6.45) is 0.655. The third-order valence-corrected chi connectivity index (χ3v) is 5.60. The van der Waals surface area contributed by atoms with Gasteiger partial charge in [0, 0.05) is 12.1 Å². The van der Waals surface area contributed by atoms with Gasteiger partial charge in [-0.3, -0.25) is 9.59 Å². The van der Waals surface area contributed by atoms with Crippen molar-refractivity contribution in [1.29, 1.82) is 0 Å². The van der Waals surface area contributed by atoms with Crippen molar-refractivity contribution in [2.24, 2.45) is 0 Å². The molecule has 1 atom stereocenters. The minimum absolute atomic E-state index is 0.0115. The van der Waals surface area contributed by atoms with Crippen LogP contribution in [0.5, 0.6) is 0 Å². The fourth-order valence-corrected chi connectivity index (χ4v) is 4.06. The zero-order valence-electron chi connectivity index (χ0n) is 17.8. The van der Waals surface area contributed by atoms with E-state index >= 15 is 0 Å². The highest BCUT2D eigenvalue weighted by molar-refractivity contribution is 6.02. The molecule has 0 aliphatic carbocycles. The highest BCUT2D eigenvalue weighted by atomic mass is 16.5. The lowest BCUT2D eigenvalue weighted by Crippen LogP contribution is -2.56. The maximum Gasteiger partial charge on any atom is 0.259 e. The first-order valence-corrected chi connectivity index (χ1v) is 10.8. The van der Waals surface area contributed by atoms with E-state index in [1.165, 1.54) is 0 Å². The Morgan fingerprint density at radius 1 is 0.970 bits per heavy atom. The molecule has 1 fully saturated rings. The molecule has 0 radical (unpaired) electrons. The Labute approximate surface area is 191 Å². The minimum Gasteiger partial charge on any atom is -0.350 e. The van der Waals surface area contributed by atoms with E-state index in [4.69, 9.17) is 4.52 Å². The average molecular weight is 438 g/mol. The second-order valence-corrected chi connectivity index (χ2v) is 7.97. The molecule has 2 amide bonds. The van der Waals surface area contributed by atoms with Gasteiger partial charge in [0.15, 0.2) is 0 Å². The number of carbonyl (C=O) groups excluding carboxylic acids is 2. The molecule has 1 aromatic heterocycles. The van der Waals surface area contributed by atoms with Crippen LogP contribution >= 0.6 is 0 Å². The SMILES string of the molecule is O=C1CN(C(=O)c2ccccc2-c2nc(-c3ccccc3)no2)C[C@H](Cc2ccccc2)N1. The topological polar surface area (TPSA) is 88.3 Å². The molecule has 7 nitrogen and oxygen atoms in total. The van der Waals surface area contributed by atoms with Gasteiger partial charge in [-0.1, -0.05) is 78.0 Å². The van der Waals surface area contributed by atoms with Gasteiger partial charge in [-0.05, 0) is 24.1 Å². The number of carbonyl (C=O) groups is 2. The van der Waals surface area contributed by atoms with Gasteiger partial charge in [-0.15, -0.1) is 0 Å². The first kappa shape index (κ1) is 20.6. The van der Waals surface area contributed by atoms with Crippen LogP contribution in [-0.2, 0) is 11.2 Å². The summed E-state index contributed by atoms with van der Waals surface area (Å²) in [5.74, 6) is 0.309. The molecule has 0 spiro atoms. The van der Waals surface area contributed by atoms with Crippen molar-refractivity contribution in [1.82, 2.24) is 20.4 Å². The van der Waals surface area contributed by atoms with Crippen LogP contribution in [0.3, 0.4) is 0 Å². The maximum absolute atomic E-state index is 13.5. The highest BCUT2D eigenvalue weighted by Gasteiger charge is 2.30. The van der Waals surface area contributed by atoms with Crippen molar-refractivity contribution in [3.8, 4) is 22.8 Å². The number of hydrogen-bond acceptors (Lipinski definition) is 5. The van der Waals surface area contributed by atoms with E-state index < -0.39 is 0 Å². The summed E-state index contributed by atoms with van der Waals surface area (Å²) in [6, 6.07) is 26.4. The Morgan fingerprint density at radius 3 is 2.45 bits per heavy atom. The van der Waals surface area contributed by atoms with E-state index in [1.807, 2.05) is 66.7 Å². The van der Waals surface area contributed by atoms with Gasteiger partial charge >= 0.3 is 0 Å². The lowest BCUT2D eigenvalue weighted by molar-refractivity contribution is -0.124. The van der Waals surface area contributed by atoms with Crippen molar-refractivity contribution < 1.29 is 14.1 Å². The summed E-state index contributed by atoms with van der Waals surface area (Å²) in [7, 11) is 0. The van der Waals surface area contributed by atoms with E-state index in [1.54, 1.807) is 23.1 Å². The molecule has 1 saturated heterocycles. The van der Waals surface area contributed by atoms with Crippen molar-refractivity contribution >= 4 is 11.8 Å². The molecule has 5 rings (SSSR count). The molecule has 0 unspecified atom stereocenters. The number of nitrogens with zero attached hydrogens (tertiary/aromatic N) is 3. The zero-order valence-corrected chi connectivity index (χ0v) is 17.8. The second-order valence-electron chi connectivity index (χ2n) is 7.97. The van der Waals surface area contributed by atoms with Crippen LogP contribution in [0.15, 0.2) is 89.5 Å². The summed E-state index contributed by atoms with van der Waals surface area (Å²) in [6.45, 7) is 0.435. The molecule has 0 saturated carbocycles. The van der Waals surface area contributed by atoms with Crippen molar-refractivity contribution in [3.05, 3.63) is 96.1 Å².